The van der Waals surface area contributed by atoms with Crippen LogP contribution in [0.25, 0.3) is 10.9 Å². The van der Waals surface area contributed by atoms with Crippen LogP contribution in [0.5, 0.6) is 11.8 Å². The molecule has 0 fully saturated rings. The van der Waals surface area contributed by atoms with E-state index in [0.717, 1.165) is 5.56 Å². The topological polar surface area (TPSA) is 98.1 Å². The lowest BCUT2D eigenvalue weighted by atomic mass is 10.2. The Morgan fingerprint density at radius 3 is 2.58 bits per heavy atom. The first-order valence-electron chi connectivity index (χ1n) is 7.07. The van der Waals surface area contributed by atoms with Gasteiger partial charge in [-0.05, 0) is 17.7 Å². The smallest absolute Gasteiger partial charge is 0.225 e. The maximum absolute atomic E-state index is 11.7. The van der Waals surface area contributed by atoms with Crippen molar-refractivity contribution in [2.45, 2.75) is 11.5 Å². The van der Waals surface area contributed by atoms with E-state index >= 15 is 0 Å². The minimum atomic E-state index is -2.71. The number of aromatic nitrogens is 3. The maximum atomic E-state index is 11.7. The Bertz CT molecular complexity index is 972. The summed E-state index contributed by atoms with van der Waals surface area (Å²) in [5, 5.41) is 0.712. The molecule has 0 amide bonds. The van der Waals surface area contributed by atoms with Gasteiger partial charge in [-0.1, -0.05) is 12.1 Å². The lowest BCUT2D eigenvalue weighted by Gasteiger charge is -2.09. The minimum Gasteiger partial charge on any atom is -0.481 e. The summed E-state index contributed by atoms with van der Waals surface area (Å²) in [6.07, 6.45) is 4.41. The van der Waals surface area contributed by atoms with Crippen LogP contribution in [0.2, 0.25) is 0 Å². The van der Waals surface area contributed by atoms with Gasteiger partial charge < -0.3 is 9.47 Å². The Labute approximate surface area is 139 Å². The quantitative estimate of drug-likeness (QED) is 0.764. The van der Waals surface area contributed by atoms with Gasteiger partial charge in [0, 0.05) is 17.2 Å². The molecule has 0 aliphatic heterocycles. The molecule has 0 saturated heterocycles. The fourth-order valence-corrected chi connectivity index (χ4v) is 2.80. The lowest BCUT2D eigenvalue weighted by molar-refractivity contribution is 0.297. The van der Waals surface area contributed by atoms with Crippen molar-refractivity contribution in [1.82, 2.24) is 15.0 Å². The molecule has 0 radical (unpaired) electrons. The normalized spacial score (nSPS) is 13.4. The minimum absolute atomic E-state index is 0.292. The van der Waals surface area contributed by atoms with Crippen molar-refractivity contribution in [3.63, 3.8) is 0 Å². The Hall–Kier alpha value is -2.74. The van der Waals surface area contributed by atoms with Crippen molar-refractivity contribution < 1.29 is 13.7 Å². The molecule has 3 rings (SSSR count). The number of rotatable bonds is 5. The highest BCUT2D eigenvalue weighted by atomic mass is 32.2. The summed E-state index contributed by atoms with van der Waals surface area (Å²) < 4.78 is 30.2. The number of pyridine rings is 1. The van der Waals surface area contributed by atoms with Crippen LogP contribution in [0.15, 0.2) is 47.8 Å². The van der Waals surface area contributed by atoms with Crippen molar-refractivity contribution in [3.05, 3.63) is 48.4 Å². The van der Waals surface area contributed by atoms with E-state index in [0.29, 0.717) is 34.2 Å². The second kappa shape index (κ2) is 6.40. The first-order valence-corrected chi connectivity index (χ1v) is 9.04. The first kappa shape index (κ1) is 16.1. The number of ether oxygens (including phenoxy) is 2. The number of fused-ring (bicyclic) bond motifs is 1. The van der Waals surface area contributed by atoms with E-state index in [2.05, 4.69) is 15.0 Å². The van der Waals surface area contributed by atoms with E-state index in [1.165, 1.54) is 19.7 Å². The maximum Gasteiger partial charge on any atom is 0.225 e. The number of hydrogen-bond acceptors (Lipinski definition) is 7. The standard InChI is InChI=1S/C16H16N4O3S/c1-22-15-7-13-14(8-18-15)19-10-20-16(13)23-9-11-3-5-12(6-4-11)24(2,17)21/h3-8,10,17H,9H2,1-2H3. The third-order valence-electron chi connectivity index (χ3n) is 3.42. The van der Waals surface area contributed by atoms with E-state index in [-0.39, 0.29) is 0 Å². The average molecular weight is 344 g/mol. The molecule has 2 heterocycles. The third kappa shape index (κ3) is 3.43. The first-order chi connectivity index (χ1) is 11.5. The summed E-state index contributed by atoms with van der Waals surface area (Å²) in [5.41, 5.74) is 1.55. The predicted octanol–water partition coefficient (Wildman–Crippen LogP) is 2.65. The van der Waals surface area contributed by atoms with E-state index in [1.54, 1.807) is 36.5 Å². The summed E-state index contributed by atoms with van der Waals surface area (Å²) in [7, 11) is -1.17. The number of methoxy groups -OCH3 is 1. The second-order valence-corrected chi connectivity index (χ2v) is 7.36. The zero-order chi connectivity index (χ0) is 17.2. The molecule has 3 aromatic rings. The van der Waals surface area contributed by atoms with Crippen LogP contribution < -0.4 is 9.47 Å². The fourth-order valence-electron chi connectivity index (χ4n) is 2.14. The van der Waals surface area contributed by atoms with E-state index in [1.807, 2.05) is 0 Å². The van der Waals surface area contributed by atoms with Gasteiger partial charge in [-0.25, -0.2) is 23.9 Å². The fraction of sp³-hybridized carbons (Fsp3) is 0.188. The van der Waals surface area contributed by atoms with Crippen LogP contribution in [0.3, 0.4) is 0 Å². The molecule has 0 aliphatic carbocycles. The average Bonchev–Trinajstić information content (AvgIpc) is 2.59. The summed E-state index contributed by atoms with van der Waals surface area (Å²) in [6.45, 7) is 0.292. The number of benzene rings is 1. The van der Waals surface area contributed by atoms with Crippen LogP contribution >= 0.6 is 0 Å². The van der Waals surface area contributed by atoms with Crippen molar-refractivity contribution in [3.8, 4) is 11.8 Å². The highest BCUT2D eigenvalue weighted by Crippen LogP contribution is 2.24. The monoisotopic (exact) mass is 344 g/mol. The highest BCUT2D eigenvalue weighted by molar-refractivity contribution is 7.91. The van der Waals surface area contributed by atoms with Crippen LogP contribution in [0.4, 0.5) is 0 Å². The van der Waals surface area contributed by atoms with Gasteiger partial charge in [0.2, 0.25) is 11.8 Å². The molecule has 24 heavy (non-hydrogen) atoms. The van der Waals surface area contributed by atoms with Gasteiger partial charge in [-0.2, -0.15) is 0 Å². The van der Waals surface area contributed by atoms with Crippen LogP contribution in [-0.2, 0) is 16.3 Å². The van der Waals surface area contributed by atoms with Gasteiger partial charge in [0.05, 0.1) is 33.9 Å². The van der Waals surface area contributed by atoms with Gasteiger partial charge in [0.1, 0.15) is 12.9 Å². The zero-order valence-corrected chi connectivity index (χ0v) is 14.0. The van der Waals surface area contributed by atoms with Gasteiger partial charge >= 0.3 is 0 Å². The molecular formula is C16H16N4O3S. The molecular weight excluding hydrogens is 328 g/mol. The molecule has 124 valence electrons. The molecule has 2 aromatic heterocycles. The van der Waals surface area contributed by atoms with Gasteiger partial charge in [-0.3, -0.25) is 0 Å². The molecule has 1 atom stereocenters. The zero-order valence-electron chi connectivity index (χ0n) is 13.2. The molecule has 0 bridgehead atoms. The number of nitrogens with zero attached hydrogens (tertiary/aromatic N) is 3. The summed E-state index contributed by atoms with van der Waals surface area (Å²) in [5.74, 6) is 0.893. The van der Waals surface area contributed by atoms with Crippen molar-refractivity contribution in [2.24, 2.45) is 0 Å². The molecule has 1 unspecified atom stereocenters. The van der Waals surface area contributed by atoms with Crippen molar-refractivity contribution in [1.29, 1.82) is 4.78 Å². The van der Waals surface area contributed by atoms with E-state index in [4.69, 9.17) is 14.3 Å². The van der Waals surface area contributed by atoms with Crippen molar-refractivity contribution in [2.75, 3.05) is 13.4 Å². The van der Waals surface area contributed by atoms with Crippen LogP contribution in [0.1, 0.15) is 5.56 Å². The molecule has 1 N–H and O–H groups in total. The van der Waals surface area contributed by atoms with Crippen molar-refractivity contribution >= 4 is 20.6 Å². The van der Waals surface area contributed by atoms with Crippen LogP contribution in [-0.4, -0.2) is 32.5 Å². The number of hydrogen-bond donors (Lipinski definition) is 1. The Morgan fingerprint density at radius 2 is 1.92 bits per heavy atom. The predicted molar refractivity (Wildman–Crippen MR) is 89.7 cm³/mol. The SMILES string of the molecule is COc1cc2c(OCc3ccc(S(C)(=N)=O)cc3)ncnc2cn1. The highest BCUT2D eigenvalue weighted by Gasteiger charge is 2.08. The molecule has 7 nitrogen and oxygen atoms in total. The molecule has 0 saturated carbocycles. The Morgan fingerprint density at radius 1 is 1.17 bits per heavy atom. The van der Waals surface area contributed by atoms with E-state index < -0.39 is 9.73 Å². The molecule has 8 heteroatoms. The largest absolute Gasteiger partial charge is 0.481 e. The summed E-state index contributed by atoms with van der Waals surface area (Å²) in [4.78, 5) is 12.9. The van der Waals surface area contributed by atoms with Gasteiger partial charge in [0.25, 0.3) is 0 Å². The van der Waals surface area contributed by atoms with Gasteiger partial charge in [0.15, 0.2) is 0 Å². The Kier molecular flexibility index (Phi) is 4.30. The van der Waals surface area contributed by atoms with Crippen LogP contribution in [0, 0.1) is 4.78 Å². The lowest BCUT2D eigenvalue weighted by Crippen LogP contribution is -2.00. The second-order valence-electron chi connectivity index (χ2n) is 5.20. The summed E-state index contributed by atoms with van der Waals surface area (Å²) in [6, 6.07) is 8.66. The molecule has 1 aromatic carbocycles. The number of nitrogens with one attached hydrogen (secondary N) is 1. The van der Waals surface area contributed by atoms with E-state index in [9.17, 15) is 4.21 Å². The van der Waals surface area contributed by atoms with Gasteiger partial charge in [-0.15, -0.1) is 0 Å². The molecule has 0 spiro atoms. The summed E-state index contributed by atoms with van der Waals surface area (Å²) >= 11 is 0. The Balaban J connectivity index is 1.83. The third-order valence-corrected chi connectivity index (χ3v) is 4.59. The molecule has 0 aliphatic rings.